The normalized spacial score (nSPS) is 10.5. The Morgan fingerprint density at radius 1 is 1.14 bits per heavy atom. The predicted molar refractivity (Wildman–Crippen MR) is 113 cm³/mol. The third-order valence-corrected chi connectivity index (χ3v) is 3.98. The van der Waals surface area contributed by atoms with Crippen LogP contribution in [0, 0.1) is 0 Å². The molecule has 2 rings (SSSR count). The minimum atomic E-state index is -0.403. The van der Waals surface area contributed by atoms with Gasteiger partial charge in [0.25, 0.3) is 5.91 Å². The summed E-state index contributed by atoms with van der Waals surface area (Å²) in [6, 6.07) is 8.22. The van der Waals surface area contributed by atoms with Gasteiger partial charge in [0.2, 0.25) is 0 Å². The van der Waals surface area contributed by atoms with Crippen molar-refractivity contribution in [3.8, 4) is 23.0 Å². The Kier molecular flexibility index (Phi) is 8.36. The highest BCUT2D eigenvalue weighted by Crippen LogP contribution is 2.35. The SMILES string of the molecule is C=CCOc1ccc(C(=O)N/N=C/c2cc(Cl)c(OC)c(OCC)c2)cc1OC. The van der Waals surface area contributed by atoms with Crippen LogP contribution in [0.25, 0.3) is 0 Å². The second kappa shape index (κ2) is 11.0. The second-order valence-corrected chi connectivity index (χ2v) is 6.04. The first-order valence-electron chi connectivity index (χ1n) is 8.79. The van der Waals surface area contributed by atoms with E-state index in [1.54, 1.807) is 36.4 Å². The maximum absolute atomic E-state index is 12.4. The molecule has 8 heteroatoms. The van der Waals surface area contributed by atoms with Gasteiger partial charge >= 0.3 is 0 Å². The third kappa shape index (κ3) is 5.89. The van der Waals surface area contributed by atoms with Gasteiger partial charge in [0.1, 0.15) is 6.61 Å². The van der Waals surface area contributed by atoms with Gasteiger partial charge in [0.15, 0.2) is 23.0 Å². The van der Waals surface area contributed by atoms with Crippen LogP contribution in [-0.2, 0) is 0 Å². The van der Waals surface area contributed by atoms with Crippen molar-refractivity contribution in [1.82, 2.24) is 5.43 Å². The molecule has 0 fully saturated rings. The zero-order valence-electron chi connectivity index (χ0n) is 16.5. The molecule has 0 spiro atoms. The van der Waals surface area contributed by atoms with Gasteiger partial charge in [0, 0.05) is 5.56 Å². The lowest BCUT2D eigenvalue weighted by atomic mass is 10.2. The number of nitrogens with one attached hydrogen (secondary N) is 1. The van der Waals surface area contributed by atoms with Crippen LogP contribution < -0.4 is 24.4 Å². The molecule has 0 bridgehead atoms. The van der Waals surface area contributed by atoms with Crippen LogP contribution in [-0.4, -0.2) is 39.6 Å². The first kappa shape index (κ1) is 22.1. The number of hydrazone groups is 1. The van der Waals surface area contributed by atoms with Crippen molar-refractivity contribution in [1.29, 1.82) is 0 Å². The fourth-order valence-corrected chi connectivity index (χ4v) is 2.73. The molecule has 7 nitrogen and oxygen atoms in total. The van der Waals surface area contributed by atoms with E-state index in [0.29, 0.717) is 52.4 Å². The molecule has 0 aliphatic rings. The summed E-state index contributed by atoms with van der Waals surface area (Å²) in [5.41, 5.74) is 3.48. The first-order chi connectivity index (χ1) is 14.0. The average molecular weight is 419 g/mol. The van der Waals surface area contributed by atoms with E-state index in [4.69, 9.17) is 30.5 Å². The maximum Gasteiger partial charge on any atom is 0.271 e. The molecule has 0 aromatic heterocycles. The molecule has 0 atom stereocenters. The fraction of sp³-hybridized carbons (Fsp3) is 0.238. The third-order valence-electron chi connectivity index (χ3n) is 3.70. The Bertz CT molecular complexity index is 899. The molecule has 1 amide bonds. The number of halogens is 1. The molecular formula is C21H23ClN2O5. The number of amides is 1. The van der Waals surface area contributed by atoms with Crippen LogP contribution in [0.5, 0.6) is 23.0 Å². The lowest BCUT2D eigenvalue weighted by Gasteiger charge is -2.11. The van der Waals surface area contributed by atoms with Gasteiger partial charge in [0.05, 0.1) is 32.1 Å². The largest absolute Gasteiger partial charge is 0.493 e. The van der Waals surface area contributed by atoms with Gasteiger partial charge in [-0.25, -0.2) is 5.43 Å². The lowest BCUT2D eigenvalue weighted by Crippen LogP contribution is -2.17. The first-order valence-corrected chi connectivity index (χ1v) is 9.17. The van der Waals surface area contributed by atoms with Crippen molar-refractivity contribution in [3.05, 3.63) is 59.1 Å². The summed E-state index contributed by atoms with van der Waals surface area (Å²) in [6.07, 6.45) is 3.09. The molecule has 0 heterocycles. The minimum absolute atomic E-state index is 0.334. The highest BCUT2D eigenvalue weighted by Gasteiger charge is 2.12. The minimum Gasteiger partial charge on any atom is -0.493 e. The molecule has 0 radical (unpaired) electrons. The maximum atomic E-state index is 12.4. The second-order valence-electron chi connectivity index (χ2n) is 5.63. The molecule has 0 aliphatic carbocycles. The van der Waals surface area contributed by atoms with Crippen molar-refractivity contribution in [2.24, 2.45) is 5.10 Å². The summed E-state index contributed by atoms with van der Waals surface area (Å²) >= 11 is 6.21. The summed E-state index contributed by atoms with van der Waals surface area (Å²) in [5, 5.41) is 4.36. The van der Waals surface area contributed by atoms with Crippen molar-refractivity contribution >= 4 is 23.7 Å². The number of hydrogen-bond acceptors (Lipinski definition) is 6. The molecule has 2 aromatic carbocycles. The van der Waals surface area contributed by atoms with E-state index in [2.05, 4.69) is 17.1 Å². The van der Waals surface area contributed by atoms with Crippen LogP contribution in [0.15, 0.2) is 48.1 Å². The molecule has 29 heavy (non-hydrogen) atoms. The number of rotatable bonds is 10. The fourth-order valence-electron chi connectivity index (χ4n) is 2.43. The molecule has 154 valence electrons. The highest BCUT2D eigenvalue weighted by atomic mass is 35.5. The molecule has 1 N–H and O–H groups in total. The quantitative estimate of drug-likeness (QED) is 0.357. The van der Waals surface area contributed by atoms with Gasteiger partial charge in [-0.3, -0.25) is 4.79 Å². The van der Waals surface area contributed by atoms with E-state index in [1.165, 1.54) is 20.4 Å². The summed E-state index contributed by atoms with van der Waals surface area (Å²) in [7, 11) is 3.01. The molecule has 0 saturated heterocycles. The number of methoxy groups -OCH3 is 2. The molecular weight excluding hydrogens is 396 g/mol. The Morgan fingerprint density at radius 2 is 1.93 bits per heavy atom. The number of carbonyl (C=O) groups is 1. The number of benzene rings is 2. The van der Waals surface area contributed by atoms with Gasteiger partial charge in [-0.15, -0.1) is 0 Å². The van der Waals surface area contributed by atoms with Crippen molar-refractivity contribution in [3.63, 3.8) is 0 Å². The van der Waals surface area contributed by atoms with Crippen molar-refractivity contribution in [2.75, 3.05) is 27.4 Å². The highest BCUT2D eigenvalue weighted by molar-refractivity contribution is 6.32. The smallest absolute Gasteiger partial charge is 0.271 e. The van der Waals surface area contributed by atoms with Crippen LogP contribution in [0.2, 0.25) is 5.02 Å². The molecule has 2 aromatic rings. The van der Waals surface area contributed by atoms with E-state index < -0.39 is 5.91 Å². The Labute approximate surface area is 174 Å². The summed E-state index contributed by atoms with van der Waals surface area (Å²) in [6.45, 7) is 6.25. The Balaban J connectivity index is 2.12. The summed E-state index contributed by atoms with van der Waals surface area (Å²) in [4.78, 5) is 12.4. The zero-order chi connectivity index (χ0) is 21.2. The van der Waals surface area contributed by atoms with Crippen molar-refractivity contribution in [2.45, 2.75) is 6.92 Å². The lowest BCUT2D eigenvalue weighted by molar-refractivity contribution is 0.0954. The average Bonchev–Trinajstić information content (AvgIpc) is 2.72. The number of carbonyl (C=O) groups excluding carboxylic acids is 1. The number of nitrogens with zero attached hydrogens (tertiary/aromatic N) is 1. The van der Waals surface area contributed by atoms with Crippen LogP contribution in [0.4, 0.5) is 0 Å². The van der Waals surface area contributed by atoms with E-state index in [0.717, 1.165) is 0 Å². The van der Waals surface area contributed by atoms with Crippen molar-refractivity contribution < 1.29 is 23.7 Å². The summed E-state index contributed by atoms with van der Waals surface area (Å²) < 4.78 is 21.5. The van der Waals surface area contributed by atoms with E-state index in [9.17, 15) is 4.79 Å². The Morgan fingerprint density at radius 3 is 2.59 bits per heavy atom. The van der Waals surface area contributed by atoms with E-state index in [1.807, 2.05) is 6.92 Å². The monoisotopic (exact) mass is 418 g/mol. The van der Waals surface area contributed by atoms with Crippen LogP contribution in [0.1, 0.15) is 22.8 Å². The van der Waals surface area contributed by atoms with Gasteiger partial charge in [-0.1, -0.05) is 24.3 Å². The van der Waals surface area contributed by atoms with Gasteiger partial charge < -0.3 is 18.9 Å². The van der Waals surface area contributed by atoms with E-state index >= 15 is 0 Å². The number of hydrogen-bond donors (Lipinski definition) is 1. The topological polar surface area (TPSA) is 78.4 Å². The molecule has 0 aliphatic heterocycles. The number of ether oxygens (including phenoxy) is 4. The predicted octanol–water partition coefficient (Wildman–Crippen LogP) is 4.08. The summed E-state index contributed by atoms with van der Waals surface area (Å²) in [5.74, 6) is 1.49. The Hall–Kier alpha value is -3.19. The zero-order valence-corrected chi connectivity index (χ0v) is 17.3. The standard InChI is InChI=1S/C21H23ClN2O5/c1-5-9-29-17-8-7-15(12-18(17)26-3)21(25)24-23-13-14-10-16(22)20(27-4)19(11-14)28-6-2/h5,7-8,10-13H,1,6,9H2,2-4H3,(H,24,25)/b23-13+. The van der Waals surface area contributed by atoms with Gasteiger partial charge in [-0.05, 0) is 42.8 Å². The van der Waals surface area contributed by atoms with Crippen LogP contribution >= 0.6 is 11.6 Å². The molecule has 0 unspecified atom stereocenters. The van der Waals surface area contributed by atoms with E-state index in [-0.39, 0.29) is 0 Å². The van der Waals surface area contributed by atoms with Crippen LogP contribution in [0.3, 0.4) is 0 Å². The molecule has 0 saturated carbocycles. The van der Waals surface area contributed by atoms with Gasteiger partial charge in [-0.2, -0.15) is 5.10 Å².